The summed E-state index contributed by atoms with van der Waals surface area (Å²) in [4.78, 5) is 38.3. The van der Waals surface area contributed by atoms with Gasteiger partial charge < -0.3 is 15.4 Å². The highest BCUT2D eigenvalue weighted by Gasteiger charge is 2.28. The van der Waals surface area contributed by atoms with E-state index in [9.17, 15) is 14.4 Å². The summed E-state index contributed by atoms with van der Waals surface area (Å²) < 4.78 is 5.74. The number of hydrogen-bond donors (Lipinski definition) is 2. The van der Waals surface area contributed by atoms with E-state index in [4.69, 9.17) is 4.74 Å². The molecule has 0 saturated heterocycles. The first-order valence-corrected chi connectivity index (χ1v) is 11.2. The van der Waals surface area contributed by atoms with Crippen molar-refractivity contribution in [1.82, 2.24) is 0 Å². The van der Waals surface area contributed by atoms with Crippen molar-refractivity contribution in [3.63, 3.8) is 0 Å². The molecular weight excluding hydrogens is 440 g/mol. The number of ketones is 1. The topological polar surface area (TPSA) is 84.5 Å². The number of ether oxygens (including phenoxy) is 1. The zero-order chi connectivity index (χ0) is 24.2. The second-order valence-electron chi connectivity index (χ2n) is 8.22. The Labute approximate surface area is 202 Å². The number of amides is 2. The number of anilines is 2. The molecule has 0 aromatic heterocycles. The molecule has 0 spiro atoms. The van der Waals surface area contributed by atoms with Crippen molar-refractivity contribution in [2.75, 3.05) is 10.6 Å². The Morgan fingerprint density at radius 3 is 2.06 bits per heavy atom. The van der Waals surface area contributed by atoms with Crippen LogP contribution in [0.2, 0.25) is 0 Å². The van der Waals surface area contributed by atoms with E-state index >= 15 is 0 Å². The van der Waals surface area contributed by atoms with Gasteiger partial charge in [-0.2, -0.15) is 0 Å². The Morgan fingerprint density at radius 2 is 1.29 bits per heavy atom. The number of carbonyl (C=O) groups excluding carboxylic acids is 3. The third-order valence-electron chi connectivity index (χ3n) is 5.75. The largest absolute Gasteiger partial charge is 0.480 e. The zero-order valence-electron chi connectivity index (χ0n) is 18.7. The van der Waals surface area contributed by atoms with Gasteiger partial charge in [0.1, 0.15) is 5.75 Å². The van der Waals surface area contributed by atoms with Crippen LogP contribution in [0.4, 0.5) is 11.4 Å². The van der Waals surface area contributed by atoms with Crippen LogP contribution in [0.5, 0.6) is 5.75 Å². The molecule has 1 unspecified atom stereocenters. The summed E-state index contributed by atoms with van der Waals surface area (Å²) in [7, 11) is 0. The molecule has 6 heteroatoms. The molecule has 172 valence electrons. The van der Waals surface area contributed by atoms with Gasteiger partial charge in [-0.1, -0.05) is 66.7 Å². The summed E-state index contributed by atoms with van der Waals surface area (Å²) in [5.74, 6) is -0.0303. The minimum atomic E-state index is -0.616. The van der Waals surface area contributed by atoms with E-state index < -0.39 is 6.10 Å². The van der Waals surface area contributed by atoms with Gasteiger partial charge in [0.15, 0.2) is 11.9 Å². The summed E-state index contributed by atoms with van der Waals surface area (Å²) in [5, 5.41) is 5.66. The van der Waals surface area contributed by atoms with Crippen LogP contribution in [0.15, 0.2) is 103 Å². The lowest BCUT2D eigenvalue weighted by Gasteiger charge is -2.12. The molecular formula is C29H22N2O4. The lowest BCUT2D eigenvalue weighted by atomic mass is 10.0. The van der Waals surface area contributed by atoms with Gasteiger partial charge in [-0.15, -0.1) is 0 Å². The van der Waals surface area contributed by atoms with Gasteiger partial charge in [0, 0.05) is 34.5 Å². The van der Waals surface area contributed by atoms with Crippen molar-refractivity contribution in [2.45, 2.75) is 12.5 Å². The first-order chi connectivity index (χ1) is 17.1. The predicted molar refractivity (Wildman–Crippen MR) is 134 cm³/mol. The summed E-state index contributed by atoms with van der Waals surface area (Å²) in [5.41, 5.74) is 3.42. The predicted octanol–water partition coefficient (Wildman–Crippen LogP) is 5.11. The fourth-order valence-corrected chi connectivity index (χ4v) is 3.99. The second-order valence-corrected chi connectivity index (χ2v) is 8.22. The highest BCUT2D eigenvalue weighted by Crippen LogP contribution is 2.28. The van der Waals surface area contributed by atoms with Crippen molar-refractivity contribution in [3.05, 3.63) is 125 Å². The fourth-order valence-electron chi connectivity index (χ4n) is 3.99. The third-order valence-corrected chi connectivity index (χ3v) is 5.75. The molecule has 6 nitrogen and oxygen atoms in total. The lowest BCUT2D eigenvalue weighted by Crippen LogP contribution is -2.31. The van der Waals surface area contributed by atoms with Crippen molar-refractivity contribution in [2.24, 2.45) is 0 Å². The summed E-state index contributed by atoms with van der Waals surface area (Å²) in [6.07, 6.45) is -0.116. The number of hydrogen-bond acceptors (Lipinski definition) is 4. The highest BCUT2D eigenvalue weighted by molar-refractivity contribution is 6.10. The van der Waals surface area contributed by atoms with Crippen LogP contribution < -0.4 is 15.4 Å². The molecule has 1 aliphatic rings. The SMILES string of the molecule is O=C(Nc1cccc(C(=O)c2ccccc2)c1)c1cccc(NC(=O)C2Cc3ccccc3O2)c1. The van der Waals surface area contributed by atoms with E-state index in [0.29, 0.717) is 40.2 Å². The zero-order valence-corrected chi connectivity index (χ0v) is 18.7. The number of benzene rings is 4. The van der Waals surface area contributed by atoms with E-state index in [1.165, 1.54) is 0 Å². The Kier molecular flexibility index (Phi) is 6.09. The number of nitrogens with one attached hydrogen (secondary N) is 2. The second kappa shape index (κ2) is 9.65. The maximum Gasteiger partial charge on any atom is 0.265 e. The van der Waals surface area contributed by atoms with E-state index in [2.05, 4.69) is 10.6 Å². The number of para-hydroxylation sites is 1. The van der Waals surface area contributed by atoms with Gasteiger partial charge in [0.05, 0.1) is 0 Å². The number of rotatable bonds is 6. The van der Waals surface area contributed by atoms with Crippen molar-refractivity contribution >= 4 is 29.0 Å². The number of fused-ring (bicyclic) bond motifs is 1. The van der Waals surface area contributed by atoms with Crippen LogP contribution in [-0.4, -0.2) is 23.7 Å². The molecule has 0 radical (unpaired) electrons. The minimum Gasteiger partial charge on any atom is -0.480 e. The molecule has 4 aromatic rings. The Hall–Kier alpha value is -4.71. The molecule has 2 N–H and O–H groups in total. The van der Waals surface area contributed by atoms with Gasteiger partial charge in [-0.3, -0.25) is 14.4 Å². The van der Waals surface area contributed by atoms with Crippen LogP contribution in [0.25, 0.3) is 0 Å². The van der Waals surface area contributed by atoms with Gasteiger partial charge >= 0.3 is 0 Å². The van der Waals surface area contributed by atoms with Crippen LogP contribution in [0.3, 0.4) is 0 Å². The summed E-state index contributed by atoms with van der Waals surface area (Å²) >= 11 is 0. The minimum absolute atomic E-state index is 0.123. The quantitative estimate of drug-likeness (QED) is 0.390. The third kappa shape index (κ3) is 4.96. The Bertz CT molecular complexity index is 1390. The van der Waals surface area contributed by atoms with Crippen LogP contribution in [-0.2, 0) is 11.2 Å². The van der Waals surface area contributed by atoms with E-state index in [1.807, 2.05) is 42.5 Å². The molecule has 0 bridgehead atoms. The smallest absolute Gasteiger partial charge is 0.265 e. The maximum atomic E-state index is 12.9. The van der Waals surface area contributed by atoms with E-state index in [1.54, 1.807) is 60.7 Å². The average Bonchev–Trinajstić information content (AvgIpc) is 3.34. The van der Waals surface area contributed by atoms with Gasteiger partial charge in [0.2, 0.25) is 0 Å². The van der Waals surface area contributed by atoms with Crippen LogP contribution >= 0.6 is 0 Å². The molecule has 0 aliphatic carbocycles. The van der Waals surface area contributed by atoms with Crippen molar-refractivity contribution < 1.29 is 19.1 Å². The standard InChI is InChI=1S/C29H22N2O4/c32-27(19-8-2-1-3-9-19)21-11-6-13-23(16-21)30-28(33)22-12-7-14-24(17-22)31-29(34)26-18-20-10-4-5-15-25(20)35-26/h1-17,26H,18H2,(H,30,33)(H,31,34). The molecule has 1 heterocycles. The normalized spacial score (nSPS) is 13.9. The summed E-state index contributed by atoms with van der Waals surface area (Å²) in [6.45, 7) is 0. The first kappa shape index (κ1) is 22.1. The monoisotopic (exact) mass is 462 g/mol. The highest BCUT2D eigenvalue weighted by atomic mass is 16.5. The van der Waals surface area contributed by atoms with E-state index in [-0.39, 0.29) is 17.6 Å². The Balaban J connectivity index is 1.25. The molecule has 1 aliphatic heterocycles. The lowest BCUT2D eigenvalue weighted by molar-refractivity contribution is -0.122. The van der Waals surface area contributed by atoms with Gasteiger partial charge in [-0.05, 0) is 42.0 Å². The summed E-state index contributed by atoms with van der Waals surface area (Å²) in [6, 6.07) is 30.0. The van der Waals surface area contributed by atoms with Crippen LogP contribution in [0.1, 0.15) is 31.8 Å². The molecule has 35 heavy (non-hydrogen) atoms. The van der Waals surface area contributed by atoms with Gasteiger partial charge in [0.25, 0.3) is 11.8 Å². The number of carbonyl (C=O) groups is 3. The molecule has 4 aromatic carbocycles. The fraction of sp³-hybridized carbons (Fsp3) is 0.0690. The van der Waals surface area contributed by atoms with E-state index in [0.717, 1.165) is 5.56 Å². The van der Waals surface area contributed by atoms with Crippen molar-refractivity contribution in [3.8, 4) is 5.75 Å². The van der Waals surface area contributed by atoms with Gasteiger partial charge in [-0.25, -0.2) is 0 Å². The van der Waals surface area contributed by atoms with Crippen molar-refractivity contribution in [1.29, 1.82) is 0 Å². The van der Waals surface area contributed by atoms with Crippen LogP contribution in [0, 0.1) is 0 Å². The molecule has 2 amide bonds. The molecule has 0 fully saturated rings. The molecule has 0 saturated carbocycles. The molecule has 5 rings (SSSR count). The first-order valence-electron chi connectivity index (χ1n) is 11.2. The molecule has 1 atom stereocenters. The Morgan fingerprint density at radius 1 is 0.657 bits per heavy atom. The maximum absolute atomic E-state index is 12.9. The average molecular weight is 463 g/mol.